The minimum Gasteiger partial charge on any atom is -0.355 e. The average molecular weight is 376 g/mol. The third-order valence-electron chi connectivity index (χ3n) is 4.08. The van der Waals surface area contributed by atoms with Gasteiger partial charge in [-0.3, -0.25) is 4.79 Å². The molecule has 1 amide bonds. The lowest BCUT2D eigenvalue weighted by atomic mass is 9.99. The highest BCUT2D eigenvalue weighted by atomic mass is 35.5. The summed E-state index contributed by atoms with van der Waals surface area (Å²) in [5, 5.41) is 2.75. The van der Waals surface area contributed by atoms with Crippen molar-refractivity contribution in [1.82, 2.24) is 9.62 Å². The van der Waals surface area contributed by atoms with Crippen molar-refractivity contribution in [2.75, 3.05) is 31.9 Å². The minimum absolute atomic E-state index is 0. The molecular formula is C16H26ClN3O3S. The molecule has 1 aliphatic heterocycles. The molecule has 1 aromatic rings. The molecule has 1 saturated heterocycles. The van der Waals surface area contributed by atoms with Crippen LogP contribution in [0.5, 0.6) is 0 Å². The van der Waals surface area contributed by atoms with Gasteiger partial charge >= 0.3 is 0 Å². The third-order valence-corrected chi connectivity index (χ3v) is 5.92. The van der Waals surface area contributed by atoms with Crippen molar-refractivity contribution >= 4 is 28.3 Å². The predicted octanol–water partition coefficient (Wildman–Crippen LogP) is 0.768. The zero-order chi connectivity index (χ0) is 16.7. The molecule has 3 N–H and O–H groups in total. The fourth-order valence-electron chi connectivity index (χ4n) is 2.77. The van der Waals surface area contributed by atoms with E-state index in [-0.39, 0.29) is 36.5 Å². The van der Waals surface area contributed by atoms with Gasteiger partial charge in [0, 0.05) is 26.2 Å². The molecule has 0 aromatic heterocycles. The Morgan fingerprint density at radius 3 is 2.67 bits per heavy atom. The van der Waals surface area contributed by atoms with Gasteiger partial charge in [0.2, 0.25) is 15.9 Å². The lowest BCUT2D eigenvalue weighted by Crippen LogP contribution is -2.46. The van der Waals surface area contributed by atoms with Crippen LogP contribution in [0.3, 0.4) is 0 Å². The van der Waals surface area contributed by atoms with Crippen molar-refractivity contribution in [2.45, 2.75) is 19.3 Å². The second-order valence-corrected chi connectivity index (χ2v) is 7.92. The highest BCUT2D eigenvalue weighted by Gasteiger charge is 2.31. The van der Waals surface area contributed by atoms with E-state index < -0.39 is 10.0 Å². The Bertz CT molecular complexity index is 610. The highest BCUT2D eigenvalue weighted by Crippen LogP contribution is 2.20. The van der Waals surface area contributed by atoms with Gasteiger partial charge < -0.3 is 11.1 Å². The van der Waals surface area contributed by atoms with Crippen molar-refractivity contribution in [3.63, 3.8) is 0 Å². The predicted molar refractivity (Wildman–Crippen MR) is 97.5 cm³/mol. The van der Waals surface area contributed by atoms with E-state index in [0.29, 0.717) is 32.5 Å². The van der Waals surface area contributed by atoms with E-state index in [2.05, 4.69) is 5.32 Å². The number of hydrogen-bond acceptors (Lipinski definition) is 4. The second-order valence-electron chi connectivity index (χ2n) is 5.83. The molecule has 1 unspecified atom stereocenters. The third kappa shape index (κ3) is 6.05. The molecule has 0 saturated carbocycles. The smallest absolute Gasteiger partial charge is 0.224 e. The summed E-state index contributed by atoms with van der Waals surface area (Å²) in [4.78, 5) is 12.0. The van der Waals surface area contributed by atoms with E-state index in [0.717, 1.165) is 12.0 Å². The first-order valence-electron chi connectivity index (χ1n) is 8.02. The van der Waals surface area contributed by atoms with Gasteiger partial charge in [0.15, 0.2) is 0 Å². The van der Waals surface area contributed by atoms with Crippen LogP contribution in [0, 0.1) is 5.92 Å². The number of piperidine rings is 1. The molecule has 0 aliphatic carbocycles. The number of amides is 1. The van der Waals surface area contributed by atoms with Crippen molar-refractivity contribution in [3.8, 4) is 0 Å². The van der Waals surface area contributed by atoms with Gasteiger partial charge in [0.05, 0.1) is 11.7 Å². The monoisotopic (exact) mass is 375 g/mol. The Hall–Kier alpha value is -1.15. The Morgan fingerprint density at radius 1 is 1.29 bits per heavy atom. The number of nitrogens with one attached hydrogen (secondary N) is 1. The molecule has 1 fully saturated rings. The van der Waals surface area contributed by atoms with Crippen LogP contribution in [-0.2, 0) is 21.2 Å². The number of benzene rings is 1. The van der Waals surface area contributed by atoms with Crippen LogP contribution in [-0.4, -0.2) is 50.6 Å². The Kier molecular flexibility index (Phi) is 8.69. The fourth-order valence-corrected chi connectivity index (χ4v) is 4.34. The standard InChI is InChI=1S/C16H25N3O3S.ClH/c17-9-10-18-16(20)15-7-4-11-19(13-15)23(21,22)12-8-14-5-2-1-3-6-14;/h1-3,5-6,15H,4,7-13,17H2,(H,18,20);1H. The lowest BCUT2D eigenvalue weighted by Gasteiger charge is -2.31. The topological polar surface area (TPSA) is 92.5 Å². The van der Waals surface area contributed by atoms with E-state index in [9.17, 15) is 13.2 Å². The molecule has 2 rings (SSSR count). The van der Waals surface area contributed by atoms with Crippen LogP contribution < -0.4 is 11.1 Å². The van der Waals surface area contributed by atoms with Crippen LogP contribution in [0.25, 0.3) is 0 Å². The highest BCUT2D eigenvalue weighted by molar-refractivity contribution is 7.89. The fraction of sp³-hybridized carbons (Fsp3) is 0.562. The second kappa shape index (κ2) is 9.98. The molecular weight excluding hydrogens is 350 g/mol. The molecule has 0 radical (unpaired) electrons. The van der Waals surface area contributed by atoms with Crippen molar-refractivity contribution in [2.24, 2.45) is 11.7 Å². The lowest BCUT2D eigenvalue weighted by molar-refractivity contribution is -0.126. The Labute approximate surface area is 150 Å². The number of nitrogens with two attached hydrogens (primary N) is 1. The number of hydrogen-bond donors (Lipinski definition) is 2. The van der Waals surface area contributed by atoms with E-state index in [1.165, 1.54) is 4.31 Å². The molecule has 0 spiro atoms. The van der Waals surface area contributed by atoms with E-state index in [4.69, 9.17) is 5.73 Å². The van der Waals surface area contributed by atoms with E-state index in [1.54, 1.807) is 0 Å². The van der Waals surface area contributed by atoms with Crippen molar-refractivity contribution < 1.29 is 13.2 Å². The molecule has 136 valence electrons. The van der Waals surface area contributed by atoms with Gasteiger partial charge in [-0.25, -0.2) is 12.7 Å². The Morgan fingerprint density at radius 2 is 2.00 bits per heavy atom. The molecule has 1 atom stereocenters. The normalized spacial score (nSPS) is 18.6. The first kappa shape index (κ1) is 20.9. The molecule has 0 bridgehead atoms. The van der Waals surface area contributed by atoms with Gasteiger partial charge in [-0.05, 0) is 24.8 Å². The summed E-state index contributed by atoms with van der Waals surface area (Å²) >= 11 is 0. The first-order chi connectivity index (χ1) is 11.0. The van der Waals surface area contributed by atoms with Gasteiger partial charge in [-0.15, -0.1) is 12.4 Å². The maximum Gasteiger partial charge on any atom is 0.224 e. The number of aryl methyl sites for hydroxylation is 1. The number of carbonyl (C=O) groups is 1. The zero-order valence-electron chi connectivity index (χ0n) is 13.7. The molecule has 24 heavy (non-hydrogen) atoms. The summed E-state index contributed by atoms with van der Waals surface area (Å²) in [5.74, 6) is -0.297. The van der Waals surface area contributed by atoms with E-state index in [1.807, 2.05) is 30.3 Å². The molecule has 1 aromatic carbocycles. The van der Waals surface area contributed by atoms with Crippen LogP contribution in [0.4, 0.5) is 0 Å². The largest absolute Gasteiger partial charge is 0.355 e. The zero-order valence-corrected chi connectivity index (χ0v) is 15.3. The van der Waals surface area contributed by atoms with Crippen molar-refractivity contribution in [3.05, 3.63) is 35.9 Å². The van der Waals surface area contributed by atoms with Crippen LogP contribution in [0.15, 0.2) is 30.3 Å². The number of sulfonamides is 1. The maximum atomic E-state index is 12.5. The number of rotatable bonds is 7. The van der Waals surface area contributed by atoms with E-state index >= 15 is 0 Å². The van der Waals surface area contributed by atoms with Crippen LogP contribution >= 0.6 is 12.4 Å². The minimum atomic E-state index is -3.34. The quantitative estimate of drug-likeness (QED) is 0.736. The SMILES string of the molecule is Cl.NCCNC(=O)C1CCCN(S(=O)(=O)CCc2ccccc2)C1. The van der Waals surface area contributed by atoms with Crippen molar-refractivity contribution in [1.29, 1.82) is 0 Å². The molecule has 1 heterocycles. The summed E-state index contributed by atoms with van der Waals surface area (Å²) in [7, 11) is -3.34. The summed E-state index contributed by atoms with van der Waals surface area (Å²) in [6.45, 7) is 1.58. The number of nitrogens with zero attached hydrogens (tertiary/aromatic N) is 1. The first-order valence-corrected chi connectivity index (χ1v) is 9.63. The summed E-state index contributed by atoms with van der Waals surface area (Å²) in [6.07, 6.45) is 1.93. The van der Waals surface area contributed by atoms with Crippen LogP contribution in [0.2, 0.25) is 0 Å². The van der Waals surface area contributed by atoms with Gasteiger partial charge in [0.25, 0.3) is 0 Å². The summed E-state index contributed by atoms with van der Waals surface area (Å²) < 4.78 is 26.5. The molecule has 6 nitrogen and oxygen atoms in total. The average Bonchev–Trinajstić information content (AvgIpc) is 2.59. The van der Waals surface area contributed by atoms with Gasteiger partial charge in [0.1, 0.15) is 0 Å². The van der Waals surface area contributed by atoms with Gasteiger partial charge in [-0.1, -0.05) is 30.3 Å². The molecule has 1 aliphatic rings. The number of carbonyl (C=O) groups excluding carboxylic acids is 1. The van der Waals surface area contributed by atoms with Crippen LogP contribution in [0.1, 0.15) is 18.4 Å². The summed E-state index contributed by atoms with van der Waals surface area (Å²) in [6, 6.07) is 9.57. The maximum absolute atomic E-state index is 12.5. The van der Waals surface area contributed by atoms with Gasteiger partial charge in [-0.2, -0.15) is 0 Å². The number of halogens is 1. The Balaban J connectivity index is 0.00000288. The molecule has 8 heteroatoms. The summed E-state index contributed by atoms with van der Waals surface area (Å²) in [5.41, 5.74) is 6.38.